The van der Waals surface area contributed by atoms with Crippen LogP contribution in [-0.4, -0.2) is 16.5 Å². The van der Waals surface area contributed by atoms with Crippen molar-refractivity contribution >= 4 is 5.69 Å². The number of hydrogen-bond acceptors (Lipinski definition) is 3. The molecule has 17 heavy (non-hydrogen) atoms. The number of benzene rings is 1. The first-order valence-electron chi connectivity index (χ1n) is 6.01. The Morgan fingerprint density at radius 3 is 2.88 bits per heavy atom. The number of hydrogen-bond donors (Lipinski definition) is 1. The predicted octanol–water partition coefficient (Wildman–Crippen LogP) is 2.43. The molecular formula is C14H15N3. The second kappa shape index (κ2) is 4.53. The molecule has 0 amide bonds. The van der Waals surface area contributed by atoms with Crippen LogP contribution in [0.4, 0.5) is 5.69 Å². The fourth-order valence-electron chi connectivity index (χ4n) is 2.30. The summed E-state index contributed by atoms with van der Waals surface area (Å²) in [4.78, 5) is 8.09. The van der Waals surface area contributed by atoms with Crippen molar-refractivity contribution in [1.29, 1.82) is 0 Å². The molecule has 0 aliphatic carbocycles. The summed E-state index contributed by atoms with van der Waals surface area (Å²) in [7, 11) is 0. The Morgan fingerprint density at radius 2 is 2.00 bits per heavy atom. The van der Waals surface area contributed by atoms with E-state index in [0.29, 0.717) is 0 Å². The van der Waals surface area contributed by atoms with Gasteiger partial charge < -0.3 is 5.32 Å². The van der Waals surface area contributed by atoms with Gasteiger partial charge >= 0.3 is 0 Å². The van der Waals surface area contributed by atoms with Crippen molar-refractivity contribution in [2.24, 2.45) is 0 Å². The van der Waals surface area contributed by atoms with Crippen LogP contribution < -0.4 is 5.32 Å². The van der Waals surface area contributed by atoms with Crippen molar-refractivity contribution in [3.63, 3.8) is 0 Å². The standard InChI is InChI=1S/C14H15N3/c1-2-13-7-11(3-4-14(13)17-5-1)6-12-8-15-10-16-9-12/h3-4,7-10,17H,1-2,5-6H2. The van der Waals surface area contributed by atoms with E-state index >= 15 is 0 Å². The van der Waals surface area contributed by atoms with E-state index in [-0.39, 0.29) is 0 Å². The molecule has 86 valence electrons. The van der Waals surface area contributed by atoms with E-state index in [1.165, 1.54) is 29.7 Å². The number of rotatable bonds is 2. The minimum atomic E-state index is 0.911. The van der Waals surface area contributed by atoms with Crippen LogP contribution in [0.2, 0.25) is 0 Å². The summed E-state index contributed by atoms with van der Waals surface area (Å²) in [5, 5.41) is 3.43. The first kappa shape index (κ1) is 10.3. The maximum absolute atomic E-state index is 4.04. The van der Waals surface area contributed by atoms with E-state index in [2.05, 4.69) is 33.5 Å². The third-order valence-corrected chi connectivity index (χ3v) is 3.13. The quantitative estimate of drug-likeness (QED) is 0.853. The smallest absolute Gasteiger partial charge is 0.115 e. The van der Waals surface area contributed by atoms with Crippen LogP contribution >= 0.6 is 0 Å². The van der Waals surface area contributed by atoms with Crippen molar-refractivity contribution in [3.05, 3.63) is 53.6 Å². The van der Waals surface area contributed by atoms with E-state index in [1.807, 2.05) is 12.4 Å². The molecule has 0 fully saturated rings. The average Bonchev–Trinajstić information content (AvgIpc) is 2.40. The predicted molar refractivity (Wildman–Crippen MR) is 68.1 cm³/mol. The van der Waals surface area contributed by atoms with E-state index in [1.54, 1.807) is 6.33 Å². The van der Waals surface area contributed by atoms with Crippen LogP contribution in [0.3, 0.4) is 0 Å². The monoisotopic (exact) mass is 225 g/mol. The molecule has 3 rings (SSSR count). The number of aromatic nitrogens is 2. The molecule has 1 aliphatic rings. The van der Waals surface area contributed by atoms with Crippen molar-refractivity contribution < 1.29 is 0 Å². The molecule has 0 bridgehead atoms. The highest BCUT2D eigenvalue weighted by Gasteiger charge is 2.08. The SMILES string of the molecule is c1ncc(Cc2ccc3c(c2)CCCN3)cn1. The second-order valence-corrected chi connectivity index (χ2v) is 4.45. The first-order chi connectivity index (χ1) is 8.42. The minimum Gasteiger partial charge on any atom is -0.385 e. The topological polar surface area (TPSA) is 37.8 Å². The zero-order valence-electron chi connectivity index (χ0n) is 9.69. The molecule has 3 heteroatoms. The highest BCUT2D eigenvalue weighted by atomic mass is 14.9. The molecule has 1 aromatic carbocycles. The van der Waals surface area contributed by atoms with Gasteiger partial charge in [-0.05, 0) is 35.6 Å². The highest BCUT2D eigenvalue weighted by Crippen LogP contribution is 2.23. The molecule has 3 nitrogen and oxygen atoms in total. The Balaban J connectivity index is 1.84. The summed E-state index contributed by atoms with van der Waals surface area (Å²) < 4.78 is 0. The highest BCUT2D eigenvalue weighted by molar-refractivity contribution is 5.54. The Bertz CT molecular complexity index is 508. The molecule has 2 aromatic rings. The molecule has 2 heterocycles. The van der Waals surface area contributed by atoms with E-state index in [0.717, 1.165) is 18.5 Å². The van der Waals surface area contributed by atoms with Gasteiger partial charge in [0.15, 0.2) is 0 Å². The lowest BCUT2D eigenvalue weighted by molar-refractivity contribution is 0.828. The van der Waals surface area contributed by atoms with Crippen LogP contribution in [0.25, 0.3) is 0 Å². The summed E-state index contributed by atoms with van der Waals surface area (Å²) in [6.45, 7) is 1.10. The minimum absolute atomic E-state index is 0.911. The van der Waals surface area contributed by atoms with E-state index in [9.17, 15) is 0 Å². The van der Waals surface area contributed by atoms with Gasteiger partial charge in [-0.15, -0.1) is 0 Å². The lowest BCUT2D eigenvalue weighted by Gasteiger charge is -2.18. The Morgan fingerprint density at radius 1 is 1.12 bits per heavy atom. The lowest BCUT2D eigenvalue weighted by atomic mass is 9.98. The molecule has 0 saturated heterocycles. The molecule has 0 spiro atoms. The van der Waals surface area contributed by atoms with Crippen molar-refractivity contribution in [2.75, 3.05) is 11.9 Å². The van der Waals surface area contributed by atoms with E-state index in [4.69, 9.17) is 0 Å². The largest absolute Gasteiger partial charge is 0.385 e. The third-order valence-electron chi connectivity index (χ3n) is 3.13. The second-order valence-electron chi connectivity index (χ2n) is 4.45. The van der Waals surface area contributed by atoms with Crippen molar-refractivity contribution in [2.45, 2.75) is 19.3 Å². The molecule has 1 aromatic heterocycles. The molecule has 0 radical (unpaired) electrons. The molecule has 0 atom stereocenters. The Labute approximate surface area is 101 Å². The van der Waals surface area contributed by atoms with Crippen LogP contribution in [0.5, 0.6) is 0 Å². The summed E-state index contributed by atoms with van der Waals surface area (Å²) in [5.74, 6) is 0. The van der Waals surface area contributed by atoms with Crippen LogP contribution in [0.15, 0.2) is 36.9 Å². The molecule has 0 unspecified atom stereocenters. The van der Waals surface area contributed by atoms with Crippen LogP contribution in [0, 0.1) is 0 Å². The van der Waals surface area contributed by atoms with Crippen molar-refractivity contribution in [3.8, 4) is 0 Å². The summed E-state index contributed by atoms with van der Waals surface area (Å²) in [6, 6.07) is 6.67. The van der Waals surface area contributed by atoms with E-state index < -0.39 is 0 Å². The summed E-state index contributed by atoms with van der Waals surface area (Å²) >= 11 is 0. The van der Waals surface area contributed by atoms with Crippen LogP contribution in [0.1, 0.15) is 23.1 Å². The van der Waals surface area contributed by atoms with Gasteiger partial charge in [0.1, 0.15) is 6.33 Å². The fraction of sp³-hybridized carbons (Fsp3) is 0.286. The number of nitrogens with one attached hydrogen (secondary N) is 1. The summed E-state index contributed by atoms with van der Waals surface area (Å²) in [5.41, 5.74) is 5.23. The normalized spacial score (nSPS) is 13.9. The Hall–Kier alpha value is -1.90. The van der Waals surface area contributed by atoms with Gasteiger partial charge in [0.2, 0.25) is 0 Å². The Kier molecular flexibility index (Phi) is 2.74. The molecule has 0 saturated carbocycles. The van der Waals surface area contributed by atoms with Gasteiger partial charge in [0.05, 0.1) is 0 Å². The van der Waals surface area contributed by atoms with Gasteiger partial charge in [-0.25, -0.2) is 9.97 Å². The van der Waals surface area contributed by atoms with Crippen molar-refractivity contribution in [1.82, 2.24) is 9.97 Å². The number of fused-ring (bicyclic) bond motifs is 1. The fourth-order valence-corrected chi connectivity index (χ4v) is 2.30. The maximum atomic E-state index is 4.04. The van der Waals surface area contributed by atoms with Crippen LogP contribution in [-0.2, 0) is 12.8 Å². The van der Waals surface area contributed by atoms with Gasteiger partial charge in [0, 0.05) is 31.0 Å². The zero-order chi connectivity index (χ0) is 11.5. The zero-order valence-corrected chi connectivity index (χ0v) is 9.69. The summed E-state index contributed by atoms with van der Waals surface area (Å²) in [6.07, 6.45) is 8.65. The molecule has 1 N–H and O–H groups in total. The van der Waals surface area contributed by atoms with Gasteiger partial charge in [-0.2, -0.15) is 0 Å². The molecule has 1 aliphatic heterocycles. The lowest BCUT2D eigenvalue weighted by Crippen LogP contribution is -2.11. The van der Waals surface area contributed by atoms with Gasteiger partial charge in [-0.1, -0.05) is 12.1 Å². The average molecular weight is 225 g/mol. The first-order valence-corrected chi connectivity index (χ1v) is 6.01. The third kappa shape index (κ3) is 2.28. The molecular weight excluding hydrogens is 210 g/mol. The van der Waals surface area contributed by atoms with Gasteiger partial charge in [0.25, 0.3) is 0 Å². The maximum Gasteiger partial charge on any atom is 0.115 e. The van der Waals surface area contributed by atoms with Gasteiger partial charge in [-0.3, -0.25) is 0 Å². The number of anilines is 1. The number of nitrogens with zero attached hydrogens (tertiary/aromatic N) is 2. The number of aryl methyl sites for hydroxylation is 1.